The maximum absolute atomic E-state index is 12.2. The third-order valence-corrected chi connectivity index (χ3v) is 4.39. The molecule has 0 spiro atoms. The lowest BCUT2D eigenvalue weighted by Gasteiger charge is -2.26. The van der Waals surface area contributed by atoms with Gasteiger partial charge in [0.15, 0.2) is 0 Å². The molecule has 0 aromatic heterocycles. The first-order valence-electron chi connectivity index (χ1n) is 7.95. The number of anilines is 1. The van der Waals surface area contributed by atoms with Crippen LogP contribution in [0.25, 0.3) is 0 Å². The molecule has 0 saturated heterocycles. The molecule has 0 aliphatic carbocycles. The molecular weight excluding hydrogens is 328 g/mol. The standard InChI is InChI=1S/C17H28N2O4S/c1-13(2)14-9-7-8-10-15(14)19(24(6,21)22)12-11-18-16(20)23-17(3,4)5/h7-10,13H,11-12H2,1-6H3,(H,18,20). The molecule has 136 valence electrons. The van der Waals surface area contributed by atoms with Gasteiger partial charge in [0.05, 0.1) is 18.5 Å². The highest BCUT2D eigenvalue weighted by Gasteiger charge is 2.22. The quantitative estimate of drug-likeness (QED) is 0.850. The van der Waals surface area contributed by atoms with Gasteiger partial charge in [-0.15, -0.1) is 0 Å². The summed E-state index contributed by atoms with van der Waals surface area (Å²) in [5.41, 5.74) is 0.992. The van der Waals surface area contributed by atoms with Gasteiger partial charge < -0.3 is 10.1 Å². The molecule has 24 heavy (non-hydrogen) atoms. The van der Waals surface area contributed by atoms with Crippen LogP contribution in [0.3, 0.4) is 0 Å². The third kappa shape index (κ3) is 6.39. The van der Waals surface area contributed by atoms with Gasteiger partial charge in [-0.2, -0.15) is 0 Å². The molecule has 6 nitrogen and oxygen atoms in total. The van der Waals surface area contributed by atoms with Gasteiger partial charge in [0, 0.05) is 6.54 Å². The molecule has 0 aliphatic heterocycles. The van der Waals surface area contributed by atoms with E-state index in [4.69, 9.17) is 4.74 Å². The first-order valence-corrected chi connectivity index (χ1v) is 9.80. The van der Waals surface area contributed by atoms with E-state index >= 15 is 0 Å². The molecule has 0 saturated carbocycles. The summed E-state index contributed by atoms with van der Waals surface area (Å²) in [6, 6.07) is 7.39. The van der Waals surface area contributed by atoms with Crippen molar-refractivity contribution < 1.29 is 17.9 Å². The highest BCUT2D eigenvalue weighted by atomic mass is 32.2. The van der Waals surface area contributed by atoms with E-state index in [1.807, 2.05) is 26.0 Å². The molecule has 0 aliphatic rings. The van der Waals surface area contributed by atoms with Crippen LogP contribution in [0, 0.1) is 0 Å². The van der Waals surface area contributed by atoms with Crippen molar-refractivity contribution in [3.05, 3.63) is 29.8 Å². The number of nitrogens with one attached hydrogen (secondary N) is 1. The van der Waals surface area contributed by atoms with Crippen molar-refractivity contribution in [1.29, 1.82) is 0 Å². The van der Waals surface area contributed by atoms with Gasteiger partial charge in [-0.3, -0.25) is 4.31 Å². The van der Waals surface area contributed by atoms with Crippen molar-refractivity contribution >= 4 is 21.8 Å². The number of rotatable bonds is 6. The molecule has 1 amide bonds. The molecule has 0 radical (unpaired) electrons. The zero-order valence-electron chi connectivity index (χ0n) is 15.3. The molecule has 0 fully saturated rings. The Morgan fingerprint density at radius 2 is 1.83 bits per heavy atom. The van der Waals surface area contributed by atoms with Crippen LogP contribution in [0.2, 0.25) is 0 Å². The topological polar surface area (TPSA) is 75.7 Å². The fourth-order valence-electron chi connectivity index (χ4n) is 2.24. The van der Waals surface area contributed by atoms with Gasteiger partial charge >= 0.3 is 6.09 Å². The number of alkyl carbamates (subject to hydrolysis) is 1. The highest BCUT2D eigenvalue weighted by molar-refractivity contribution is 7.92. The van der Waals surface area contributed by atoms with Crippen molar-refractivity contribution in [3.8, 4) is 0 Å². The number of carbonyl (C=O) groups is 1. The van der Waals surface area contributed by atoms with E-state index in [1.165, 1.54) is 4.31 Å². The van der Waals surface area contributed by atoms with Crippen molar-refractivity contribution in [2.45, 2.75) is 46.1 Å². The SMILES string of the molecule is CC(C)c1ccccc1N(CCNC(=O)OC(C)(C)C)S(C)(=O)=O. The summed E-state index contributed by atoms with van der Waals surface area (Å²) in [6.45, 7) is 9.64. The van der Waals surface area contributed by atoms with E-state index in [0.717, 1.165) is 11.8 Å². The zero-order valence-corrected chi connectivity index (χ0v) is 16.1. The Balaban J connectivity index is 2.89. The lowest BCUT2D eigenvalue weighted by atomic mass is 10.0. The molecule has 0 atom stereocenters. The molecular formula is C17H28N2O4S. The van der Waals surface area contributed by atoms with Crippen molar-refractivity contribution in [2.75, 3.05) is 23.7 Å². The van der Waals surface area contributed by atoms with E-state index in [-0.39, 0.29) is 19.0 Å². The number of hydrogen-bond donors (Lipinski definition) is 1. The summed E-state index contributed by atoms with van der Waals surface area (Å²) in [4.78, 5) is 11.7. The fourth-order valence-corrected chi connectivity index (χ4v) is 3.19. The second-order valence-corrected chi connectivity index (χ2v) is 8.88. The second kappa shape index (κ2) is 7.88. The average molecular weight is 356 g/mol. The van der Waals surface area contributed by atoms with Crippen LogP contribution in [0.4, 0.5) is 10.5 Å². The molecule has 0 bridgehead atoms. The predicted octanol–water partition coefficient (Wildman–Crippen LogP) is 3.10. The highest BCUT2D eigenvalue weighted by Crippen LogP contribution is 2.28. The summed E-state index contributed by atoms with van der Waals surface area (Å²) >= 11 is 0. The summed E-state index contributed by atoms with van der Waals surface area (Å²) in [6.07, 6.45) is 0.602. The Morgan fingerprint density at radius 3 is 2.33 bits per heavy atom. The monoisotopic (exact) mass is 356 g/mol. The van der Waals surface area contributed by atoms with E-state index in [2.05, 4.69) is 5.32 Å². The van der Waals surface area contributed by atoms with Gasteiger partial charge in [-0.1, -0.05) is 32.0 Å². The van der Waals surface area contributed by atoms with Crippen molar-refractivity contribution in [3.63, 3.8) is 0 Å². The number of amides is 1. The Kier molecular flexibility index (Phi) is 6.66. The zero-order chi connectivity index (χ0) is 18.5. The number of hydrogen-bond acceptors (Lipinski definition) is 4. The summed E-state index contributed by atoms with van der Waals surface area (Å²) in [7, 11) is -3.47. The molecule has 1 aromatic rings. The first kappa shape index (κ1) is 20.3. The number of sulfonamides is 1. The number of benzene rings is 1. The van der Waals surface area contributed by atoms with Crippen molar-refractivity contribution in [1.82, 2.24) is 5.32 Å². The number of para-hydroxylation sites is 1. The van der Waals surface area contributed by atoms with Crippen molar-refractivity contribution in [2.24, 2.45) is 0 Å². The molecule has 7 heteroatoms. The van der Waals surface area contributed by atoms with Crippen LogP contribution in [0.15, 0.2) is 24.3 Å². The Morgan fingerprint density at radius 1 is 1.25 bits per heavy atom. The van der Waals surface area contributed by atoms with Gasteiger partial charge in [0.2, 0.25) is 10.0 Å². The van der Waals surface area contributed by atoms with E-state index in [0.29, 0.717) is 5.69 Å². The van der Waals surface area contributed by atoms with Crippen LogP contribution in [0.1, 0.15) is 46.1 Å². The maximum Gasteiger partial charge on any atom is 0.407 e. The van der Waals surface area contributed by atoms with Crippen LogP contribution < -0.4 is 9.62 Å². The van der Waals surface area contributed by atoms with Crippen LogP contribution in [-0.4, -0.2) is 39.5 Å². The number of nitrogens with zero attached hydrogens (tertiary/aromatic N) is 1. The third-order valence-electron chi connectivity index (χ3n) is 3.21. The normalized spacial score (nSPS) is 12.1. The minimum atomic E-state index is -3.47. The molecule has 0 unspecified atom stereocenters. The molecule has 1 aromatic carbocycles. The summed E-state index contributed by atoms with van der Waals surface area (Å²) in [5, 5.41) is 2.59. The van der Waals surface area contributed by atoms with E-state index in [1.54, 1.807) is 32.9 Å². The predicted molar refractivity (Wildman–Crippen MR) is 97.0 cm³/mol. The molecule has 0 heterocycles. The minimum absolute atomic E-state index is 0.141. The van der Waals surface area contributed by atoms with Crippen LogP contribution in [0.5, 0.6) is 0 Å². The first-order chi connectivity index (χ1) is 10.9. The van der Waals surface area contributed by atoms with E-state index < -0.39 is 21.7 Å². The Hall–Kier alpha value is -1.76. The minimum Gasteiger partial charge on any atom is -0.444 e. The average Bonchev–Trinajstić information content (AvgIpc) is 2.40. The maximum atomic E-state index is 12.2. The summed E-state index contributed by atoms with van der Waals surface area (Å²) in [5.74, 6) is 0.185. The Bertz CT molecular complexity index is 663. The largest absolute Gasteiger partial charge is 0.444 e. The van der Waals surface area contributed by atoms with E-state index in [9.17, 15) is 13.2 Å². The van der Waals surface area contributed by atoms with Crippen LogP contribution in [-0.2, 0) is 14.8 Å². The molecule has 1 N–H and O–H groups in total. The lowest BCUT2D eigenvalue weighted by Crippen LogP contribution is -2.40. The Labute approximate surface area is 145 Å². The smallest absolute Gasteiger partial charge is 0.407 e. The summed E-state index contributed by atoms with van der Waals surface area (Å²) < 4.78 is 30.9. The van der Waals surface area contributed by atoms with Gasteiger partial charge in [-0.25, -0.2) is 13.2 Å². The second-order valence-electron chi connectivity index (χ2n) is 6.98. The molecule has 1 rings (SSSR count). The van der Waals surface area contributed by atoms with Crippen LogP contribution >= 0.6 is 0 Å². The van der Waals surface area contributed by atoms with Gasteiger partial charge in [0.25, 0.3) is 0 Å². The van der Waals surface area contributed by atoms with Gasteiger partial charge in [0.1, 0.15) is 5.60 Å². The fraction of sp³-hybridized carbons (Fsp3) is 0.588. The number of carbonyl (C=O) groups excluding carboxylic acids is 1. The van der Waals surface area contributed by atoms with Gasteiger partial charge in [-0.05, 0) is 38.3 Å². The lowest BCUT2D eigenvalue weighted by molar-refractivity contribution is 0.0529. The number of ether oxygens (including phenoxy) is 1.